The molecule has 1 aromatic rings. The molecule has 21 heavy (non-hydrogen) atoms. The number of amides is 1. The van der Waals surface area contributed by atoms with Crippen LogP contribution in [0, 0.1) is 5.92 Å². The van der Waals surface area contributed by atoms with Crippen LogP contribution in [0.4, 0.5) is 0 Å². The fraction of sp³-hybridized carbons (Fsp3) is 0.412. The number of hydrogen-bond acceptors (Lipinski definition) is 2. The maximum Gasteiger partial charge on any atom is 0.328 e. The number of aliphatic carboxylic acids is 1. The minimum atomic E-state index is -0.992. The van der Waals surface area contributed by atoms with Crippen molar-refractivity contribution in [1.29, 1.82) is 0 Å². The van der Waals surface area contributed by atoms with E-state index in [0.29, 0.717) is 11.5 Å². The molecule has 2 rings (SSSR count). The van der Waals surface area contributed by atoms with Gasteiger partial charge in [0.15, 0.2) is 0 Å². The van der Waals surface area contributed by atoms with Crippen LogP contribution in [0.25, 0.3) is 6.08 Å². The highest BCUT2D eigenvalue weighted by molar-refractivity contribution is 5.95. The quantitative estimate of drug-likeness (QED) is 0.866. The Morgan fingerprint density at radius 3 is 2.95 bits per heavy atom. The van der Waals surface area contributed by atoms with Gasteiger partial charge in [-0.3, -0.25) is 4.79 Å². The van der Waals surface area contributed by atoms with Crippen LogP contribution in [-0.4, -0.2) is 35.0 Å². The first-order chi connectivity index (χ1) is 10.1. The summed E-state index contributed by atoms with van der Waals surface area (Å²) in [5.74, 6) is -0.356. The first-order valence-electron chi connectivity index (χ1n) is 7.40. The Balaban J connectivity index is 2.12. The van der Waals surface area contributed by atoms with Crippen LogP contribution in [0.1, 0.15) is 42.1 Å². The number of nitrogens with zero attached hydrogens (tertiary/aromatic N) is 1. The molecular formula is C17H21NO3. The molecule has 0 aliphatic carbocycles. The minimum absolute atomic E-state index is 0.0405. The molecule has 1 fully saturated rings. The lowest BCUT2D eigenvalue weighted by atomic mass is 9.95. The standard InChI is InChI=1S/C17H21NO3/c1-2-13-6-4-10-18(12-13)17(21)15-7-3-5-14(11-15)8-9-16(19)20/h3,5,7-9,11,13H,2,4,6,10,12H2,1H3,(H,19,20). The second-order valence-electron chi connectivity index (χ2n) is 5.46. The zero-order valence-corrected chi connectivity index (χ0v) is 12.3. The second-order valence-corrected chi connectivity index (χ2v) is 5.46. The van der Waals surface area contributed by atoms with Crippen molar-refractivity contribution >= 4 is 18.0 Å². The van der Waals surface area contributed by atoms with Gasteiger partial charge in [0, 0.05) is 24.7 Å². The Kier molecular flexibility index (Phi) is 5.14. The molecule has 4 nitrogen and oxygen atoms in total. The summed E-state index contributed by atoms with van der Waals surface area (Å²) in [5, 5.41) is 8.65. The average Bonchev–Trinajstić information content (AvgIpc) is 2.52. The van der Waals surface area contributed by atoms with Gasteiger partial charge in [0.05, 0.1) is 0 Å². The lowest BCUT2D eigenvalue weighted by Crippen LogP contribution is -2.39. The molecular weight excluding hydrogens is 266 g/mol. The number of carbonyl (C=O) groups is 2. The number of benzene rings is 1. The van der Waals surface area contributed by atoms with Gasteiger partial charge >= 0.3 is 5.97 Å². The summed E-state index contributed by atoms with van der Waals surface area (Å²) >= 11 is 0. The summed E-state index contributed by atoms with van der Waals surface area (Å²) in [5.41, 5.74) is 1.35. The maximum absolute atomic E-state index is 12.5. The fourth-order valence-corrected chi connectivity index (χ4v) is 2.71. The van der Waals surface area contributed by atoms with Crippen LogP contribution in [0.5, 0.6) is 0 Å². The molecule has 112 valence electrons. The van der Waals surface area contributed by atoms with E-state index in [0.717, 1.165) is 37.6 Å². The summed E-state index contributed by atoms with van der Waals surface area (Å²) in [6.45, 7) is 3.80. The zero-order valence-electron chi connectivity index (χ0n) is 12.3. The first-order valence-corrected chi connectivity index (χ1v) is 7.40. The van der Waals surface area contributed by atoms with E-state index in [2.05, 4.69) is 6.92 Å². The van der Waals surface area contributed by atoms with Crippen LogP contribution >= 0.6 is 0 Å². The number of carbonyl (C=O) groups excluding carboxylic acids is 1. The van der Waals surface area contributed by atoms with Crippen molar-refractivity contribution in [3.8, 4) is 0 Å². The Bertz CT molecular complexity index is 551. The molecule has 1 aliphatic rings. The first kappa shape index (κ1) is 15.3. The summed E-state index contributed by atoms with van der Waals surface area (Å²) in [4.78, 5) is 25.0. The largest absolute Gasteiger partial charge is 0.478 e. The second kappa shape index (κ2) is 7.07. The van der Waals surface area contributed by atoms with Gasteiger partial charge in [-0.2, -0.15) is 0 Å². The molecule has 0 saturated carbocycles. The Morgan fingerprint density at radius 2 is 2.24 bits per heavy atom. The van der Waals surface area contributed by atoms with E-state index in [-0.39, 0.29) is 5.91 Å². The number of rotatable bonds is 4. The SMILES string of the molecule is CCC1CCCN(C(=O)c2cccc(C=CC(=O)O)c2)C1. The molecule has 0 radical (unpaired) electrons. The number of likely N-dealkylation sites (tertiary alicyclic amines) is 1. The van der Waals surface area contributed by atoms with E-state index in [4.69, 9.17) is 5.11 Å². The van der Waals surface area contributed by atoms with Crippen LogP contribution in [0.2, 0.25) is 0 Å². The number of carboxylic acid groups (broad SMARTS) is 1. The van der Waals surface area contributed by atoms with E-state index in [1.807, 2.05) is 4.90 Å². The predicted octanol–water partition coefficient (Wildman–Crippen LogP) is 3.05. The third kappa shape index (κ3) is 4.18. The lowest BCUT2D eigenvalue weighted by Gasteiger charge is -2.32. The van der Waals surface area contributed by atoms with Gasteiger partial charge < -0.3 is 10.0 Å². The summed E-state index contributed by atoms with van der Waals surface area (Å²) in [6.07, 6.45) is 5.94. The Labute approximate surface area is 125 Å². The monoisotopic (exact) mass is 287 g/mol. The molecule has 1 unspecified atom stereocenters. The van der Waals surface area contributed by atoms with Crippen LogP contribution in [0.3, 0.4) is 0 Å². The van der Waals surface area contributed by atoms with E-state index < -0.39 is 5.97 Å². The molecule has 1 N–H and O–H groups in total. The fourth-order valence-electron chi connectivity index (χ4n) is 2.71. The molecule has 1 aromatic carbocycles. The van der Waals surface area contributed by atoms with Gasteiger partial charge in [0.25, 0.3) is 5.91 Å². The van der Waals surface area contributed by atoms with E-state index >= 15 is 0 Å². The van der Waals surface area contributed by atoms with Crippen molar-refractivity contribution < 1.29 is 14.7 Å². The molecule has 0 aromatic heterocycles. The van der Waals surface area contributed by atoms with Gasteiger partial charge in [-0.15, -0.1) is 0 Å². The minimum Gasteiger partial charge on any atom is -0.478 e. The van der Waals surface area contributed by atoms with Crippen LogP contribution in [0.15, 0.2) is 30.3 Å². The molecule has 0 spiro atoms. The van der Waals surface area contributed by atoms with Crippen molar-refractivity contribution in [1.82, 2.24) is 4.90 Å². The number of piperidine rings is 1. The van der Waals surface area contributed by atoms with E-state index in [1.54, 1.807) is 24.3 Å². The summed E-state index contributed by atoms with van der Waals surface area (Å²) < 4.78 is 0. The van der Waals surface area contributed by atoms with Gasteiger partial charge in [0.2, 0.25) is 0 Å². The van der Waals surface area contributed by atoms with Crippen molar-refractivity contribution in [3.05, 3.63) is 41.5 Å². The van der Waals surface area contributed by atoms with Gasteiger partial charge in [-0.1, -0.05) is 25.5 Å². The Morgan fingerprint density at radius 1 is 1.43 bits per heavy atom. The molecule has 4 heteroatoms. The highest BCUT2D eigenvalue weighted by atomic mass is 16.4. The number of hydrogen-bond donors (Lipinski definition) is 1. The predicted molar refractivity (Wildman–Crippen MR) is 82.0 cm³/mol. The average molecular weight is 287 g/mol. The van der Waals surface area contributed by atoms with Gasteiger partial charge in [-0.05, 0) is 42.5 Å². The molecule has 1 atom stereocenters. The molecule has 0 bridgehead atoms. The highest BCUT2D eigenvalue weighted by Gasteiger charge is 2.23. The van der Waals surface area contributed by atoms with Crippen molar-refractivity contribution in [2.75, 3.05) is 13.1 Å². The lowest BCUT2D eigenvalue weighted by molar-refractivity contribution is -0.131. The summed E-state index contributed by atoms with van der Waals surface area (Å²) in [6, 6.07) is 7.12. The third-order valence-corrected chi connectivity index (χ3v) is 3.94. The Hall–Kier alpha value is -2.10. The smallest absolute Gasteiger partial charge is 0.328 e. The maximum atomic E-state index is 12.5. The molecule has 1 amide bonds. The molecule has 1 saturated heterocycles. The van der Waals surface area contributed by atoms with E-state index in [9.17, 15) is 9.59 Å². The van der Waals surface area contributed by atoms with Crippen molar-refractivity contribution in [2.24, 2.45) is 5.92 Å². The normalized spacial score (nSPS) is 18.9. The third-order valence-electron chi connectivity index (χ3n) is 3.94. The van der Waals surface area contributed by atoms with Gasteiger partial charge in [0.1, 0.15) is 0 Å². The van der Waals surface area contributed by atoms with E-state index in [1.165, 1.54) is 12.5 Å². The zero-order chi connectivity index (χ0) is 15.2. The number of carboxylic acids is 1. The topological polar surface area (TPSA) is 57.6 Å². The summed E-state index contributed by atoms with van der Waals surface area (Å²) in [7, 11) is 0. The highest BCUT2D eigenvalue weighted by Crippen LogP contribution is 2.21. The molecule has 1 aliphatic heterocycles. The van der Waals surface area contributed by atoms with Crippen LogP contribution < -0.4 is 0 Å². The van der Waals surface area contributed by atoms with Crippen LogP contribution in [-0.2, 0) is 4.79 Å². The molecule has 1 heterocycles. The van der Waals surface area contributed by atoms with Crippen molar-refractivity contribution in [2.45, 2.75) is 26.2 Å². The van der Waals surface area contributed by atoms with Crippen molar-refractivity contribution in [3.63, 3.8) is 0 Å². The van der Waals surface area contributed by atoms with Gasteiger partial charge in [-0.25, -0.2) is 4.79 Å².